The van der Waals surface area contributed by atoms with Gasteiger partial charge in [0.15, 0.2) is 5.15 Å². The van der Waals surface area contributed by atoms with Gasteiger partial charge in [-0.3, -0.25) is 0 Å². The van der Waals surface area contributed by atoms with Crippen LogP contribution in [0.4, 0.5) is 0 Å². The van der Waals surface area contributed by atoms with Crippen molar-refractivity contribution in [1.29, 1.82) is 0 Å². The van der Waals surface area contributed by atoms with Crippen LogP contribution in [-0.2, 0) is 13.5 Å². The lowest BCUT2D eigenvalue weighted by Gasteiger charge is -1.98. The van der Waals surface area contributed by atoms with Crippen LogP contribution in [0.15, 0.2) is 12.3 Å². The third kappa shape index (κ3) is 1.20. The Balaban J connectivity index is 2.85. The fourth-order valence-corrected chi connectivity index (χ4v) is 1.76. The van der Waals surface area contributed by atoms with Crippen LogP contribution in [0.25, 0.3) is 11.0 Å². The molecule has 0 saturated heterocycles. The number of hydrogen-bond donors (Lipinski definition) is 0. The van der Waals surface area contributed by atoms with E-state index >= 15 is 0 Å². The number of hydrogen-bond acceptors (Lipinski definition) is 2. The van der Waals surface area contributed by atoms with Crippen molar-refractivity contribution in [3.05, 3.63) is 23.2 Å². The Morgan fingerprint density at radius 2 is 2.31 bits per heavy atom. The van der Waals surface area contributed by atoms with E-state index in [0.717, 1.165) is 23.3 Å². The van der Waals surface area contributed by atoms with Crippen molar-refractivity contribution in [3.8, 4) is 0 Å². The summed E-state index contributed by atoms with van der Waals surface area (Å²) in [7, 11) is 1.96. The number of halogens is 1. The van der Waals surface area contributed by atoms with Crippen LogP contribution >= 0.6 is 11.6 Å². The summed E-state index contributed by atoms with van der Waals surface area (Å²) in [5, 5.41) is 0.521. The highest BCUT2D eigenvalue weighted by Gasteiger charge is 2.08. The Hall–Kier alpha value is -1.09. The Labute approximate surface area is 81.4 Å². The molecule has 0 saturated carbocycles. The Morgan fingerprint density at radius 3 is 2.92 bits per heavy atom. The molecule has 0 radical (unpaired) electrons. The van der Waals surface area contributed by atoms with Gasteiger partial charge in [-0.05, 0) is 6.07 Å². The van der Waals surface area contributed by atoms with E-state index < -0.39 is 0 Å². The van der Waals surface area contributed by atoms with Crippen molar-refractivity contribution in [1.82, 2.24) is 14.5 Å². The summed E-state index contributed by atoms with van der Waals surface area (Å²) in [4.78, 5) is 8.45. The van der Waals surface area contributed by atoms with E-state index in [1.165, 1.54) is 0 Å². The Morgan fingerprint density at radius 1 is 1.54 bits per heavy atom. The van der Waals surface area contributed by atoms with E-state index in [4.69, 9.17) is 11.6 Å². The van der Waals surface area contributed by atoms with Gasteiger partial charge in [-0.2, -0.15) is 0 Å². The molecule has 0 aliphatic heterocycles. The number of fused-ring (bicyclic) bond motifs is 1. The Kier molecular flexibility index (Phi) is 1.96. The highest BCUT2D eigenvalue weighted by Crippen LogP contribution is 2.21. The zero-order chi connectivity index (χ0) is 9.42. The van der Waals surface area contributed by atoms with Crippen LogP contribution < -0.4 is 0 Å². The number of pyridine rings is 1. The Bertz CT molecular complexity index is 447. The van der Waals surface area contributed by atoms with Crippen LogP contribution in [0.2, 0.25) is 5.15 Å². The molecule has 0 bridgehead atoms. The molecule has 0 fully saturated rings. The molecule has 0 aliphatic carbocycles. The number of rotatable bonds is 1. The molecule has 0 amide bonds. The largest absolute Gasteiger partial charge is 0.329 e. The van der Waals surface area contributed by atoms with Gasteiger partial charge in [-0.25, -0.2) is 9.97 Å². The molecule has 0 aromatic carbocycles. The minimum absolute atomic E-state index is 0.521. The minimum Gasteiger partial charge on any atom is -0.329 e. The highest BCUT2D eigenvalue weighted by molar-refractivity contribution is 6.33. The summed E-state index contributed by atoms with van der Waals surface area (Å²) in [6.45, 7) is 2.07. The van der Waals surface area contributed by atoms with Crippen molar-refractivity contribution >= 4 is 22.6 Å². The molecule has 0 spiro atoms. The van der Waals surface area contributed by atoms with Gasteiger partial charge in [0.05, 0.1) is 5.52 Å². The summed E-state index contributed by atoms with van der Waals surface area (Å²) in [5.74, 6) is 1.03. The summed E-state index contributed by atoms with van der Waals surface area (Å²) in [6, 6.07) is 1.88. The summed E-state index contributed by atoms with van der Waals surface area (Å²) >= 11 is 5.96. The summed E-state index contributed by atoms with van der Waals surface area (Å²) in [5.41, 5.74) is 1.83. The molecule has 68 valence electrons. The second-order valence-corrected chi connectivity index (χ2v) is 3.27. The molecule has 13 heavy (non-hydrogen) atoms. The maximum atomic E-state index is 5.96. The van der Waals surface area contributed by atoms with Crippen LogP contribution in [0, 0.1) is 0 Å². The smallest absolute Gasteiger partial charge is 0.154 e. The van der Waals surface area contributed by atoms with E-state index in [2.05, 4.69) is 16.9 Å². The molecule has 0 atom stereocenters. The van der Waals surface area contributed by atoms with Crippen molar-refractivity contribution in [2.24, 2.45) is 7.05 Å². The first kappa shape index (κ1) is 8.51. The fourth-order valence-electron chi connectivity index (χ4n) is 1.48. The zero-order valence-electron chi connectivity index (χ0n) is 7.58. The van der Waals surface area contributed by atoms with E-state index in [0.29, 0.717) is 5.15 Å². The number of aryl methyl sites for hydroxylation is 2. The van der Waals surface area contributed by atoms with Crippen molar-refractivity contribution in [2.45, 2.75) is 13.3 Å². The molecule has 4 heteroatoms. The van der Waals surface area contributed by atoms with Gasteiger partial charge in [-0.1, -0.05) is 18.5 Å². The minimum atomic E-state index is 0.521. The number of nitrogens with zero attached hydrogens (tertiary/aromatic N) is 3. The van der Waals surface area contributed by atoms with Crippen molar-refractivity contribution < 1.29 is 0 Å². The van der Waals surface area contributed by atoms with E-state index in [9.17, 15) is 0 Å². The third-order valence-electron chi connectivity index (χ3n) is 2.15. The molecule has 2 heterocycles. The molecule has 2 rings (SSSR count). The highest BCUT2D eigenvalue weighted by atomic mass is 35.5. The van der Waals surface area contributed by atoms with Gasteiger partial charge in [-0.15, -0.1) is 0 Å². The summed E-state index contributed by atoms with van der Waals surface area (Å²) in [6.07, 6.45) is 2.58. The van der Waals surface area contributed by atoms with Crippen LogP contribution in [0.1, 0.15) is 12.7 Å². The maximum absolute atomic E-state index is 5.96. The maximum Gasteiger partial charge on any atom is 0.154 e. The molecule has 3 nitrogen and oxygen atoms in total. The molecule has 0 unspecified atom stereocenters. The lowest BCUT2D eigenvalue weighted by molar-refractivity contribution is 0.828. The van der Waals surface area contributed by atoms with Crippen molar-refractivity contribution in [2.75, 3.05) is 0 Å². The van der Waals surface area contributed by atoms with Crippen molar-refractivity contribution in [3.63, 3.8) is 0 Å². The second-order valence-electron chi connectivity index (χ2n) is 2.91. The van der Waals surface area contributed by atoms with Crippen LogP contribution in [0.3, 0.4) is 0 Å². The normalized spacial score (nSPS) is 11.0. The molecule has 2 aromatic heterocycles. The second kappa shape index (κ2) is 3.00. The molecule has 0 aliphatic rings. The number of imidazole rings is 1. The van der Waals surface area contributed by atoms with E-state index in [1.807, 2.05) is 17.7 Å². The van der Waals surface area contributed by atoms with Gasteiger partial charge in [0.1, 0.15) is 11.3 Å². The average molecular weight is 196 g/mol. The first-order valence-electron chi connectivity index (χ1n) is 4.20. The topological polar surface area (TPSA) is 30.7 Å². The predicted octanol–water partition coefficient (Wildman–Crippen LogP) is 2.18. The first-order valence-corrected chi connectivity index (χ1v) is 4.57. The fraction of sp³-hybridized carbons (Fsp3) is 0.333. The summed E-state index contributed by atoms with van der Waals surface area (Å²) < 4.78 is 1.99. The lowest BCUT2D eigenvalue weighted by Crippen LogP contribution is -1.95. The predicted molar refractivity (Wildman–Crippen MR) is 52.9 cm³/mol. The third-order valence-corrected chi connectivity index (χ3v) is 2.42. The van der Waals surface area contributed by atoms with Gasteiger partial charge in [0.25, 0.3) is 0 Å². The van der Waals surface area contributed by atoms with Gasteiger partial charge < -0.3 is 4.57 Å². The zero-order valence-corrected chi connectivity index (χ0v) is 8.34. The molecular formula is C9H10ClN3. The SMILES string of the molecule is CCc1nc2ccnc(Cl)c2n1C. The van der Waals surface area contributed by atoms with Gasteiger partial charge in [0, 0.05) is 19.7 Å². The average Bonchev–Trinajstić information content (AvgIpc) is 2.44. The monoisotopic (exact) mass is 195 g/mol. The van der Waals surface area contributed by atoms with Gasteiger partial charge in [0.2, 0.25) is 0 Å². The molecule has 0 N–H and O–H groups in total. The molecular weight excluding hydrogens is 186 g/mol. The van der Waals surface area contributed by atoms with Gasteiger partial charge >= 0.3 is 0 Å². The van der Waals surface area contributed by atoms with E-state index in [-0.39, 0.29) is 0 Å². The lowest BCUT2D eigenvalue weighted by atomic mass is 10.4. The first-order chi connectivity index (χ1) is 6.24. The molecule has 2 aromatic rings. The number of aromatic nitrogens is 3. The standard InChI is InChI=1S/C9H10ClN3/c1-3-7-12-6-4-5-11-9(10)8(6)13(7)2/h4-5H,3H2,1-2H3. The quantitative estimate of drug-likeness (QED) is 0.653. The van der Waals surface area contributed by atoms with Crippen LogP contribution in [0.5, 0.6) is 0 Å². The van der Waals surface area contributed by atoms with E-state index in [1.54, 1.807) is 6.20 Å². The van der Waals surface area contributed by atoms with Crippen LogP contribution in [-0.4, -0.2) is 14.5 Å².